The van der Waals surface area contributed by atoms with Crippen LogP contribution in [0.5, 0.6) is 0 Å². The first-order chi connectivity index (χ1) is 16.7. The molecule has 2 amide bonds. The van der Waals surface area contributed by atoms with Gasteiger partial charge in [0.15, 0.2) is 6.10 Å². The van der Waals surface area contributed by atoms with Crippen LogP contribution in [0.15, 0.2) is 66.7 Å². The number of aryl methyl sites for hydroxylation is 2. The van der Waals surface area contributed by atoms with Gasteiger partial charge in [0.2, 0.25) is 5.78 Å². The molecular formula is C26H20N2O7. The Kier molecular flexibility index (Phi) is 6.24. The third kappa shape index (κ3) is 4.43. The van der Waals surface area contributed by atoms with Crippen LogP contribution in [0, 0.1) is 24.0 Å². The average Bonchev–Trinajstić information content (AvgIpc) is 3.09. The Bertz CT molecular complexity index is 1380. The van der Waals surface area contributed by atoms with Crippen molar-refractivity contribution in [1.82, 2.24) is 4.90 Å². The number of amides is 2. The lowest BCUT2D eigenvalue weighted by Crippen LogP contribution is -2.36. The van der Waals surface area contributed by atoms with E-state index in [9.17, 15) is 29.3 Å². The summed E-state index contributed by atoms with van der Waals surface area (Å²) in [5.74, 6) is -3.28. The lowest BCUT2D eigenvalue weighted by molar-refractivity contribution is -0.385. The second kappa shape index (κ2) is 9.30. The molecule has 9 heteroatoms. The van der Waals surface area contributed by atoms with Crippen LogP contribution in [0.1, 0.15) is 53.9 Å². The van der Waals surface area contributed by atoms with E-state index in [4.69, 9.17) is 4.74 Å². The maximum absolute atomic E-state index is 13.3. The number of carbonyl (C=O) groups excluding carboxylic acids is 4. The molecule has 0 N–H and O–H groups in total. The fraction of sp³-hybridized carbons (Fsp3) is 0.154. The zero-order valence-electron chi connectivity index (χ0n) is 18.9. The predicted molar refractivity (Wildman–Crippen MR) is 124 cm³/mol. The Morgan fingerprint density at radius 2 is 1.66 bits per heavy atom. The van der Waals surface area contributed by atoms with Gasteiger partial charge in [-0.25, -0.2) is 0 Å². The highest BCUT2D eigenvalue weighted by Crippen LogP contribution is 2.31. The maximum Gasteiger partial charge on any atom is 0.327 e. The Hall–Kier alpha value is -4.66. The maximum atomic E-state index is 13.3. The van der Waals surface area contributed by atoms with Crippen molar-refractivity contribution >= 4 is 29.3 Å². The Morgan fingerprint density at radius 3 is 2.31 bits per heavy atom. The van der Waals surface area contributed by atoms with Gasteiger partial charge in [-0.1, -0.05) is 48.5 Å². The summed E-state index contributed by atoms with van der Waals surface area (Å²) < 4.78 is 5.49. The first-order valence-corrected chi connectivity index (χ1v) is 10.7. The number of carbonyl (C=O) groups is 4. The third-order valence-electron chi connectivity index (χ3n) is 5.84. The van der Waals surface area contributed by atoms with Crippen LogP contribution in [-0.4, -0.2) is 39.9 Å². The standard InChI is InChI=1S/C26H20N2O7/c1-15-11-12-18(13-16(15)2)23(30)24(17-7-4-3-5-8-17)35-21(29)14-27-25(31)19-9-6-10-20(28(33)34)22(19)26(27)32/h3-13,24H,14H2,1-2H3/t24-/m1/s1. The summed E-state index contributed by atoms with van der Waals surface area (Å²) in [6.07, 6.45) is -1.31. The van der Waals surface area contributed by atoms with Crippen LogP contribution in [0.4, 0.5) is 5.69 Å². The number of nitro benzene ring substituents is 1. The highest BCUT2D eigenvalue weighted by molar-refractivity contribution is 6.24. The lowest BCUT2D eigenvalue weighted by atomic mass is 9.97. The molecular weight excluding hydrogens is 452 g/mol. The molecule has 176 valence electrons. The van der Waals surface area contributed by atoms with E-state index in [-0.39, 0.29) is 11.1 Å². The van der Waals surface area contributed by atoms with E-state index in [0.29, 0.717) is 16.0 Å². The molecule has 9 nitrogen and oxygen atoms in total. The number of nitro groups is 1. The molecule has 4 rings (SSSR count). The van der Waals surface area contributed by atoms with Crippen molar-refractivity contribution in [3.05, 3.63) is 110 Å². The minimum Gasteiger partial charge on any atom is -0.448 e. The molecule has 1 atom stereocenters. The van der Waals surface area contributed by atoms with Gasteiger partial charge in [0.1, 0.15) is 12.1 Å². The fourth-order valence-corrected chi connectivity index (χ4v) is 3.86. The molecule has 0 radical (unpaired) electrons. The number of hydrogen-bond donors (Lipinski definition) is 0. The van der Waals surface area contributed by atoms with Gasteiger partial charge in [-0.05, 0) is 37.1 Å². The second-order valence-corrected chi connectivity index (χ2v) is 8.10. The topological polar surface area (TPSA) is 124 Å². The van der Waals surface area contributed by atoms with Crippen molar-refractivity contribution in [2.24, 2.45) is 0 Å². The number of hydrogen-bond acceptors (Lipinski definition) is 7. The molecule has 0 spiro atoms. The number of esters is 1. The van der Waals surface area contributed by atoms with Gasteiger partial charge in [0.25, 0.3) is 17.5 Å². The van der Waals surface area contributed by atoms with Crippen LogP contribution in [0.2, 0.25) is 0 Å². The van der Waals surface area contributed by atoms with Crippen molar-refractivity contribution in [1.29, 1.82) is 0 Å². The largest absolute Gasteiger partial charge is 0.448 e. The molecule has 0 aromatic heterocycles. The summed E-state index contributed by atoms with van der Waals surface area (Å²) >= 11 is 0. The van der Waals surface area contributed by atoms with E-state index in [1.165, 1.54) is 12.1 Å². The van der Waals surface area contributed by atoms with Crippen molar-refractivity contribution in [2.45, 2.75) is 20.0 Å². The molecule has 0 fully saturated rings. The average molecular weight is 472 g/mol. The van der Waals surface area contributed by atoms with Gasteiger partial charge in [-0.2, -0.15) is 0 Å². The zero-order chi connectivity index (χ0) is 25.3. The van der Waals surface area contributed by atoms with Gasteiger partial charge in [0.05, 0.1) is 10.5 Å². The normalized spacial score (nSPS) is 13.4. The highest BCUT2D eigenvalue weighted by atomic mass is 16.6. The van der Waals surface area contributed by atoms with Crippen molar-refractivity contribution in [3.63, 3.8) is 0 Å². The molecule has 1 aliphatic rings. The highest BCUT2D eigenvalue weighted by Gasteiger charge is 2.42. The number of rotatable bonds is 7. The van der Waals surface area contributed by atoms with Crippen molar-refractivity contribution < 1.29 is 28.8 Å². The fourth-order valence-electron chi connectivity index (χ4n) is 3.86. The van der Waals surface area contributed by atoms with Crippen LogP contribution in [-0.2, 0) is 9.53 Å². The summed E-state index contributed by atoms with van der Waals surface area (Å²) in [7, 11) is 0. The summed E-state index contributed by atoms with van der Waals surface area (Å²) in [5, 5.41) is 11.3. The van der Waals surface area contributed by atoms with Crippen LogP contribution in [0.3, 0.4) is 0 Å². The predicted octanol–water partition coefficient (Wildman–Crippen LogP) is 3.98. The Morgan fingerprint density at radius 1 is 0.943 bits per heavy atom. The number of fused-ring (bicyclic) bond motifs is 1. The van der Waals surface area contributed by atoms with E-state index in [0.717, 1.165) is 17.2 Å². The van der Waals surface area contributed by atoms with Gasteiger partial charge in [-0.15, -0.1) is 0 Å². The van der Waals surface area contributed by atoms with E-state index in [1.54, 1.807) is 48.5 Å². The van der Waals surface area contributed by atoms with Crippen molar-refractivity contribution in [2.75, 3.05) is 6.54 Å². The molecule has 0 bridgehead atoms. The van der Waals surface area contributed by atoms with Crippen molar-refractivity contribution in [3.8, 4) is 0 Å². The number of ether oxygens (including phenoxy) is 1. The summed E-state index contributed by atoms with van der Waals surface area (Å²) in [5.41, 5.74) is 1.58. The van der Waals surface area contributed by atoms with Crippen LogP contribution in [0.25, 0.3) is 0 Å². The zero-order valence-corrected chi connectivity index (χ0v) is 18.9. The number of Topliss-reactive ketones (excluding diaryl/α,β-unsaturated/α-hetero) is 1. The number of nitrogens with zero attached hydrogens (tertiary/aromatic N) is 2. The third-order valence-corrected chi connectivity index (χ3v) is 5.84. The smallest absolute Gasteiger partial charge is 0.327 e. The van der Waals surface area contributed by atoms with E-state index in [2.05, 4.69) is 0 Å². The molecule has 3 aromatic carbocycles. The van der Waals surface area contributed by atoms with E-state index >= 15 is 0 Å². The monoisotopic (exact) mass is 472 g/mol. The lowest BCUT2D eigenvalue weighted by Gasteiger charge is -2.20. The number of imide groups is 1. The van der Waals surface area contributed by atoms with E-state index in [1.807, 2.05) is 13.8 Å². The molecule has 0 unspecified atom stereocenters. The first kappa shape index (κ1) is 23.5. The molecule has 0 aliphatic carbocycles. The number of ketones is 1. The van der Waals surface area contributed by atoms with Crippen LogP contribution < -0.4 is 0 Å². The molecule has 1 aliphatic heterocycles. The van der Waals surface area contributed by atoms with Gasteiger partial charge >= 0.3 is 5.97 Å². The van der Waals surface area contributed by atoms with Crippen LogP contribution >= 0.6 is 0 Å². The second-order valence-electron chi connectivity index (χ2n) is 8.10. The minimum absolute atomic E-state index is 0.164. The minimum atomic E-state index is -1.31. The molecule has 0 saturated carbocycles. The van der Waals surface area contributed by atoms with Gasteiger partial charge in [0, 0.05) is 17.2 Å². The summed E-state index contributed by atoms with van der Waals surface area (Å²) in [6, 6.07) is 17.2. The summed E-state index contributed by atoms with van der Waals surface area (Å²) in [6.45, 7) is 2.97. The molecule has 1 heterocycles. The Labute approximate surface area is 200 Å². The SMILES string of the molecule is Cc1ccc(C(=O)[C@H](OC(=O)CN2C(=O)c3cccc([N+](=O)[O-])c3C2=O)c2ccccc2)cc1C. The Balaban J connectivity index is 1.59. The van der Waals surface area contributed by atoms with Gasteiger partial charge in [-0.3, -0.25) is 34.2 Å². The first-order valence-electron chi connectivity index (χ1n) is 10.7. The molecule has 35 heavy (non-hydrogen) atoms. The summed E-state index contributed by atoms with van der Waals surface area (Å²) in [4.78, 5) is 62.7. The number of benzene rings is 3. The molecule has 0 saturated heterocycles. The quantitative estimate of drug-likeness (QED) is 0.167. The van der Waals surface area contributed by atoms with Gasteiger partial charge < -0.3 is 4.74 Å². The van der Waals surface area contributed by atoms with E-state index < -0.39 is 46.8 Å². The molecule has 3 aromatic rings.